The standard InChI is InChI=1S/C25H36N2O3S2/c1-13-14(2)23(15(3)20-6-7-25(4,5)30-22(13)20)32(28,29)27-24(31)26-21-18-9-16-8-17(11-18)12-19(21)10-16/h16-19,21H,6-12H2,1-5H3,(H2,26,27,31). The number of ether oxygens (including phenoxy) is 1. The molecule has 0 radical (unpaired) electrons. The zero-order valence-electron chi connectivity index (χ0n) is 19.9. The highest BCUT2D eigenvalue weighted by Gasteiger charge is 2.48. The summed E-state index contributed by atoms with van der Waals surface area (Å²) in [6, 6.07) is 0.307. The Balaban J connectivity index is 1.38. The number of fused-ring (bicyclic) bond motifs is 1. The maximum Gasteiger partial charge on any atom is 0.264 e. The van der Waals surface area contributed by atoms with Gasteiger partial charge in [0.15, 0.2) is 5.11 Å². The first kappa shape index (κ1) is 22.5. The summed E-state index contributed by atoms with van der Waals surface area (Å²) < 4.78 is 36.0. The topological polar surface area (TPSA) is 67.4 Å². The summed E-state index contributed by atoms with van der Waals surface area (Å²) in [5.74, 6) is 3.85. The first-order chi connectivity index (χ1) is 14.9. The van der Waals surface area contributed by atoms with Gasteiger partial charge in [-0.2, -0.15) is 0 Å². The molecule has 4 fully saturated rings. The fourth-order valence-electron chi connectivity index (χ4n) is 7.27. The zero-order valence-corrected chi connectivity index (χ0v) is 21.5. The number of hydrogen-bond donors (Lipinski definition) is 2. The first-order valence-electron chi connectivity index (χ1n) is 12.1. The van der Waals surface area contributed by atoms with Gasteiger partial charge in [0.05, 0.1) is 4.90 Å². The van der Waals surface area contributed by atoms with E-state index in [2.05, 4.69) is 23.9 Å². The van der Waals surface area contributed by atoms with Crippen molar-refractivity contribution in [3.05, 3.63) is 22.3 Å². The molecule has 1 heterocycles. The SMILES string of the molecule is Cc1c(C)c(S(=O)(=O)NC(=S)NC2C3CC4CC(C3)CC2C4)c(C)c2c1OC(C)(C)CC2. The average Bonchev–Trinajstić information content (AvgIpc) is 2.67. The van der Waals surface area contributed by atoms with Crippen LogP contribution in [0.3, 0.4) is 0 Å². The van der Waals surface area contributed by atoms with E-state index in [0.29, 0.717) is 22.8 Å². The molecule has 5 nitrogen and oxygen atoms in total. The quantitative estimate of drug-likeness (QED) is 0.620. The zero-order chi connectivity index (χ0) is 23.0. The molecule has 1 aromatic rings. The Morgan fingerprint density at radius 3 is 2.16 bits per heavy atom. The van der Waals surface area contributed by atoms with Gasteiger partial charge in [-0.05, 0) is 138 Å². The van der Waals surface area contributed by atoms with Crippen LogP contribution in [0.5, 0.6) is 5.75 Å². The van der Waals surface area contributed by atoms with Gasteiger partial charge in [0, 0.05) is 6.04 Å². The molecular formula is C25H36N2O3S2. The van der Waals surface area contributed by atoms with Gasteiger partial charge in [0.25, 0.3) is 10.0 Å². The number of thiocarbonyl (C=S) groups is 1. The highest BCUT2D eigenvalue weighted by atomic mass is 32.2. The van der Waals surface area contributed by atoms with E-state index < -0.39 is 10.0 Å². The molecule has 32 heavy (non-hydrogen) atoms. The monoisotopic (exact) mass is 476 g/mol. The molecular weight excluding hydrogens is 440 g/mol. The van der Waals surface area contributed by atoms with E-state index in [9.17, 15) is 8.42 Å². The minimum Gasteiger partial charge on any atom is -0.487 e. The van der Waals surface area contributed by atoms with Crippen LogP contribution in [0.25, 0.3) is 0 Å². The third-order valence-electron chi connectivity index (χ3n) is 8.69. The predicted octanol–water partition coefficient (Wildman–Crippen LogP) is 4.69. The molecule has 0 atom stereocenters. The van der Waals surface area contributed by atoms with Crippen molar-refractivity contribution in [2.24, 2.45) is 23.7 Å². The second-order valence-electron chi connectivity index (χ2n) is 11.4. The van der Waals surface area contributed by atoms with Crippen LogP contribution in [0.1, 0.15) is 74.6 Å². The summed E-state index contributed by atoms with van der Waals surface area (Å²) in [6.07, 6.45) is 8.12. The molecule has 176 valence electrons. The van der Waals surface area contributed by atoms with E-state index in [1.54, 1.807) is 0 Å². The molecule has 0 saturated heterocycles. The molecule has 4 bridgehead atoms. The fourth-order valence-corrected chi connectivity index (χ4v) is 9.22. The van der Waals surface area contributed by atoms with Crippen molar-refractivity contribution in [1.29, 1.82) is 0 Å². The van der Waals surface area contributed by atoms with Crippen LogP contribution in [0.15, 0.2) is 4.90 Å². The Morgan fingerprint density at radius 1 is 0.969 bits per heavy atom. The van der Waals surface area contributed by atoms with Crippen molar-refractivity contribution < 1.29 is 13.2 Å². The van der Waals surface area contributed by atoms with E-state index in [1.165, 1.54) is 32.1 Å². The Morgan fingerprint density at radius 2 is 1.56 bits per heavy atom. The van der Waals surface area contributed by atoms with Crippen molar-refractivity contribution in [2.45, 2.75) is 96.1 Å². The van der Waals surface area contributed by atoms with Crippen LogP contribution in [-0.2, 0) is 16.4 Å². The highest BCUT2D eigenvalue weighted by molar-refractivity contribution is 7.92. The highest BCUT2D eigenvalue weighted by Crippen LogP contribution is 2.53. The minimum atomic E-state index is -3.79. The van der Waals surface area contributed by atoms with E-state index in [-0.39, 0.29) is 10.7 Å². The summed E-state index contributed by atoms with van der Waals surface area (Å²) in [7, 11) is -3.79. The molecule has 7 heteroatoms. The van der Waals surface area contributed by atoms with Gasteiger partial charge in [-0.15, -0.1) is 0 Å². The molecule has 0 unspecified atom stereocenters. The Hall–Kier alpha value is -1.34. The van der Waals surface area contributed by atoms with Gasteiger partial charge in [-0.3, -0.25) is 4.72 Å². The van der Waals surface area contributed by atoms with Crippen molar-refractivity contribution in [2.75, 3.05) is 0 Å². The van der Waals surface area contributed by atoms with E-state index in [4.69, 9.17) is 17.0 Å². The van der Waals surface area contributed by atoms with E-state index in [0.717, 1.165) is 52.7 Å². The fraction of sp³-hybridized carbons (Fsp3) is 0.720. The number of sulfonamides is 1. The normalized spacial score (nSPS) is 32.2. The third kappa shape index (κ3) is 3.73. The van der Waals surface area contributed by atoms with Crippen molar-refractivity contribution in [3.63, 3.8) is 0 Å². The molecule has 0 aromatic heterocycles. The van der Waals surface area contributed by atoms with Crippen molar-refractivity contribution in [3.8, 4) is 5.75 Å². The molecule has 1 aliphatic heterocycles. The van der Waals surface area contributed by atoms with E-state index >= 15 is 0 Å². The first-order valence-corrected chi connectivity index (χ1v) is 14.0. The van der Waals surface area contributed by atoms with Crippen LogP contribution in [0.2, 0.25) is 0 Å². The van der Waals surface area contributed by atoms with E-state index in [1.807, 2.05) is 20.8 Å². The molecule has 0 amide bonds. The van der Waals surface area contributed by atoms with Gasteiger partial charge >= 0.3 is 0 Å². The Kier molecular flexibility index (Phi) is 5.32. The molecule has 4 aliphatic carbocycles. The molecule has 2 N–H and O–H groups in total. The second-order valence-corrected chi connectivity index (χ2v) is 13.4. The number of benzene rings is 1. The lowest BCUT2D eigenvalue weighted by Gasteiger charge is -2.54. The summed E-state index contributed by atoms with van der Waals surface area (Å²) in [6.45, 7) is 9.90. The van der Waals surface area contributed by atoms with Crippen LogP contribution >= 0.6 is 12.2 Å². The lowest BCUT2D eigenvalue weighted by atomic mass is 9.54. The molecule has 5 aliphatic rings. The molecule has 6 rings (SSSR count). The number of hydrogen-bond acceptors (Lipinski definition) is 4. The maximum absolute atomic E-state index is 13.5. The third-order valence-corrected chi connectivity index (χ3v) is 10.7. The average molecular weight is 477 g/mol. The lowest BCUT2D eigenvalue weighted by Crippen LogP contribution is -2.57. The molecule has 1 aromatic carbocycles. The smallest absolute Gasteiger partial charge is 0.264 e. The van der Waals surface area contributed by atoms with Gasteiger partial charge < -0.3 is 10.1 Å². The summed E-state index contributed by atoms with van der Waals surface area (Å²) in [4.78, 5) is 0.353. The van der Waals surface area contributed by atoms with Crippen LogP contribution < -0.4 is 14.8 Å². The van der Waals surface area contributed by atoms with Gasteiger partial charge in [-0.25, -0.2) is 8.42 Å². The summed E-state index contributed by atoms with van der Waals surface area (Å²) >= 11 is 5.55. The largest absolute Gasteiger partial charge is 0.487 e. The number of rotatable bonds is 3. The second kappa shape index (κ2) is 7.59. The Bertz CT molecular complexity index is 1050. The summed E-state index contributed by atoms with van der Waals surface area (Å²) in [5.41, 5.74) is 3.19. The van der Waals surface area contributed by atoms with Gasteiger partial charge in [0.1, 0.15) is 11.4 Å². The van der Waals surface area contributed by atoms with Crippen LogP contribution in [-0.4, -0.2) is 25.2 Å². The van der Waals surface area contributed by atoms with Gasteiger partial charge in [0.2, 0.25) is 0 Å². The predicted molar refractivity (Wildman–Crippen MR) is 131 cm³/mol. The molecule has 0 spiro atoms. The summed E-state index contributed by atoms with van der Waals surface area (Å²) in [5, 5.41) is 3.68. The van der Waals surface area contributed by atoms with Gasteiger partial charge in [-0.1, -0.05) is 0 Å². The van der Waals surface area contributed by atoms with Crippen LogP contribution in [0.4, 0.5) is 0 Å². The van der Waals surface area contributed by atoms with Crippen molar-refractivity contribution in [1.82, 2.24) is 10.0 Å². The Labute approximate surface area is 198 Å². The maximum atomic E-state index is 13.5. The molecule has 4 saturated carbocycles. The minimum absolute atomic E-state index is 0.237. The van der Waals surface area contributed by atoms with Crippen LogP contribution in [0, 0.1) is 44.4 Å². The number of nitrogens with one attached hydrogen (secondary N) is 2. The lowest BCUT2D eigenvalue weighted by molar-refractivity contribution is -0.00683. The van der Waals surface area contributed by atoms with Crippen molar-refractivity contribution >= 4 is 27.4 Å².